The Balaban J connectivity index is 1.51. The van der Waals surface area contributed by atoms with E-state index in [-0.39, 0.29) is 6.10 Å². The molecule has 0 aromatic heterocycles. The molecule has 0 unspecified atom stereocenters. The lowest BCUT2D eigenvalue weighted by molar-refractivity contribution is 0.129. The van der Waals surface area contributed by atoms with Crippen LogP contribution in [-0.4, -0.2) is 56.9 Å². The minimum absolute atomic E-state index is 0.268. The van der Waals surface area contributed by atoms with Gasteiger partial charge in [-0.25, -0.2) is 4.99 Å². The third-order valence-electron chi connectivity index (χ3n) is 5.12. The molecule has 1 aliphatic rings. The Bertz CT molecular complexity index is 757. The molecule has 162 valence electrons. The summed E-state index contributed by atoms with van der Waals surface area (Å²) >= 11 is 0. The van der Waals surface area contributed by atoms with Crippen LogP contribution in [0.3, 0.4) is 0 Å². The fourth-order valence-corrected chi connectivity index (χ4v) is 3.49. The van der Waals surface area contributed by atoms with Crippen molar-refractivity contribution in [2.24, 2.45) is 4.99 Å². The number of ether oxygens (including phenoxy) is 2. The minimum Gasteiger partial charge on any atom is -0.490 e. The van der Waals surface area contributed by atoms with Crippen molar-refractivity contribution in [2.45, 2.75) is 32.4 Å². The van der Waals surface area contributed by atoms with Crippen LogP contribution in [0.4, 0.5) is 5.69 Å². The second-order valence-electron chi connectivity index (χ2n) is 7.40. The minimum atomic E-state index is 0.268. The third-order valence-corrected chi connectivity index (χ3v) is 5.12. The summed E-state index contributed by atoms with van der Waals surface area (Å²) in [5, 5.41) is 6.78. The van der Waals surface area contributed by atoms with Gasteiger partial charge in [0.05, 0.1) is 13.2 Å². The number of para-hydroxylation sites is 1. The van der Waals surface area contributed by atoms with E-state index >= 15 is 0 Å². The second kappa shape index (κ2) is 12.1. The van der Waals surface area contributed by atoms with E-state index in [0.29, 0.717) is 13.2 Å². The average molecular weight is 411 g/mol. The maximum absolute atomic E-state index is 6.12. The van der Waals surface area contributed by atoms with Crippen molar-refractivity contribution in [1.82, 2.24) is 10.2 Å². The molecule has 1 fully saturated rings. The Labute approximate surface area is 180 Å². The summed E-state index contributed by atoms with van der Waals surface area (Å²) < 4.78 is 11.2. The normalized spacial score (nSPS) is 15.1. The van der Waals surface area contributed by atoms with Crippen LogP contribution in [0, 0.1) is 0 Å². The van der Waals surface area contributed by atoms with E-state index in [9.17, 15) is 0 Å². The van der Waals surface area contributed by atoms with Gasteiger partial charge < -0.3 is 25.0 Å². The summed E-state index contributed by atoms with van der Waals surface area (Å²) in [5.74, 6) is 1.94. The lowest BCUT2D eigenvalue weighted by Gasteiger charge is -2.34. The van der Waals surface area contributed by atoms with Crippen molar-refractivity contribution in [3.05, 3.63) is 60.2 Å². The Morgan fingerprint density at radius 1 is 1.07 bits per heavy atom. The van der Waals surface area contributed by atoms with Gasteiger partial charge in [-0.1, -0.05) is 30.3 Å². The first kappa shape index (κ1) is 22.0. The molecular weight excluding hydrogens is 376 g/mol. The molecule has 0 amide bonds. The zero-order valence-electron chi connectivity index (χ0n) is 18.1. The Kier molecular flexibility index (Phi) is 8.84. The van der Waals surface area contributed by atoms with Gasteiger partial charge in [0, 0.05) is 51.8 Å². The monoisotopic (exact) mass is 410 g/mol. The second-order valence-corrected chi connectivity index (χ2v) is 7.40. The van der Waals surface area contributed by atoms with Crippen LogP contribution < -0.4 is 15.4 Å². The standard InChI is InChI=1S/C24H34N4O2/c1-3-25-24(27-19-20-9-11-21(12-10-20)26-15-18-29-2)28-16-13-23(14-17-28)30-22-7-5-4-6-8-22/h4-12,23,26H,3,13-19H2,1-2H3,(H,25,27). The smallest absolute Gasteiger partial charge is 0.194 e. The Morgan fingerprint density at radius 2 is 1.80 bits per heavy atom. The maximum Gasteiger partial charge on any atom is 0.194 e. The SMILES string of the molecule is CCNC(=NCc1ccc(NCCOC)cc1)N1CCC(Oc2ccccc2)CC1. The van der Waals surface area contributed by atoms with Crippen LogP contribution in [0.2, 0.25) is 0 Å². The molecule has 1 aliphatic heterocycles. The number of nitrogens with zero attached hydrogens (tertiary/aromatic N) is 2. The summed E-state index contributed by atoms with van der Waals surface area (Å²) in [5.41, 5.74) is 2.30. The van der Waals surface area contributed by atoms with E-state index in [1.807, 2.05) is 30.3 Å². The summed E-state index contributed by atoms with van der Waals surface area (Å²) in [7, 11) is 1.71. The molecule has 1 heterocycles. The molecular formula is C24H34N4O2. The summed E-state index contributed by atoms with van der Waals surface area (Å²) in [6.07, 6.45) is 2.27. The van der Waals surface area contributed by atoms with Crippen molar-refractivity contribution in [3.8, 4) is 5.75 Å². The highest BCUT2D eigenvalue weighted by Crippen LogP contribution is 2.19. The first-order valence-corrected chi connectivity index (χ1v) is 10.8. The van der Waals surface area contributed by atoms with Crippen LogP contribution in [-0.2, 0) is 11.3 Å². The molecule has 2 N–H and O–H groups in total. The van der Waals surface area contributed by atoms with Gasteiger partial charge in [-0.2, -0.15) is 0 Å². The van der Waals surface area contributed by atoms with Crippen molar-refractivity contribution < 1.29 is 9.47 Å². The van der Waals surface area contributed by atoms with E-state index in [4.69, 9.17) is 14.5 Å². The van der Waals surface area contributed by atoms with Gasteiger partial charge in [0.15, 0.2) is 5.96 Å². The van der Waals surface area contributed by atoms with E-state index in [0.717, 1.165) is 56.4 Å². The van der Waals surface area contributed by atoms with Crippen LogP contribution in [0.25, 0.3) is 0 Å². The van der Waals surface area contributed by atoms with Gasteiger partial charge in [0.25, 0.3) is 0 Å². The van der Waals surface area contributed by atoms with Crippen molar-refractivity contribution >= 4 is 11.6 Å². The van der Waals surface area contributed by atoms with Gasteiger partial charge in [0.2, 0.25) is 0 Å². The van der Waals surface area contributed by atoms with Gasteiger partial charge in [0.1, 0.15) is 11.9 Å². The highest BCUT2D eigenvalue weighted by molar-refractivity contribution is 5.80. The van der Waals surface area contributed by atoms with Crippen molar-refractivity contribution in [3.63, 3.8) is 0 Å². The number of anilines is 1. The van der Waals surface area contributed by atoms with Gasteiger partial charge in [-0.3, -0.25) is 0 Å². The highest BCUT2D eigenvalue weighted by Gasteiger charge is 2.22. The number of likely N-dealkylation sites (tertiary alicyclic amines) is 1. The molecule has 6 nitrogen and oxygen atoms in total. The van der Waals surface area contributed by atoms with Crippen LogP contribution in [0.15, 0.2) is 59.6 Å². The number of aliphatic imine (C=N–C) groups is 1. The number of guanidine groups is 1. The molecule has 2 aromatic carbocycles. The number of hydrogen-bond donors (Lipinski definition) is 2. The first-order chi connectivity index (χ1) is 14.8. The molecule has 0 saturated carbocycles. The molecule has 0 aliphatic carbocycles. The lowest BCUT2D eigenvalue weighted by atomic mass is 10.1. The van der Waals surface area contributed by atoms with E-state index in [1.54, 1.807) is 7.11 Å². The van der Waals surface area contributed by atoms with Crippen molar-refractivity contribution in [1.29, 1.82) is 0 Å². The quantitative estimate of drug-likeness (QED) is 0.375. The van der Waals surface area contributed by atoms with E-state index in [2.05, 4.69) is 46.7 Å². The molecule has 0 bridgehead atoms. The Hall–Kier alpha value is -2.73. The molecule has 0 radical (unpaired) electrons. The van der Waals surface area contributed by atoms with E-state index in [1.165, 1.54) is 5.56 Å². The average Bonchev–Trinajstić information content (AvgIpc) is 2.79. The first-order valence-electron chi connectivity index (χ1n) is 10.8. The summed E-state index contributed by atoms with van der Waals surface area (Å²) in [6, 6.07) is 18.5. The molecule has 30 heavy (non-hydrogen) atoms. The molecule has 0 spiro atoms. The fraction of sp³-hybridized carbons (Fsp3) is 0.458. The highest BCUT2D eigenvalue weighted by atomic mass is 16.5. The molecule has 3 rings (SSSR count). The zero-order valence-corrected chi connectivity index (χ0v) is 18.1. The zero-order chi connectivity index (χ0) is 21.0. The third kappa shape index (κ3) is 6.95. The number of nitrogens with one attached hydrogen (secondary N) is 2. The van der Waals surface area contributed by atoms with Crippen LogP contribution in [0.5, 0.6) is 5.75 Å². The van der Waals surface area contributed by atoms with Gasteiger partial charge in [-0.05, 0) is 36.8 Å². The number of rotatable bonds is 9. The summed E-state index contributed by atoms with van der Waals surface area (Å²) in [6.45, 7) is 7.05. The number of hydrogen-bond acceptors (Lipinski definition) is 4. The maximum atomic E-state index is 6.12. The van der Waals surface area contributed by atoms with Crippen LogP contribution >= 0.6 is 0 Å². The molecule has 2 aromatic rings. The van der Waals surface area contributed by atoms with Gasteiger partial charge in [-0.15, -0.1) is 0 Å². The number of benzene rings is 2. The molecule has 6 heteroatoms. The van der Waals surface area contributed by atoms with Crippen molar-refractivity contribution in [2.75, 3.05) is 45.2 Å². The topological polar surface area (TPSA) is 58.1 Å². The summed E-state index contributed by atoms with van der Waals surface area (Å²) in [4.78, 5) is 7.21. The largest absolute Gasteiger partial charge is 0.490 e. The molecule has 0 atom stereocenters. The van der Waals surface area contributed by atoms with Gasteiger partial charge >= 0.3 is 0 Å². The predicted molar refractivity (Wildman–Crippen MR) is 123 cm³/mol. The lowest BCUT2D eigenvalue weighted by Crippen LogP contribution is -2.47. The predicted octanol–water partition coefficient (Wildman–Crippen LogP) is 3.75. The Morgan fingerprint density at radius 3 is 2.47 bits per heavy atom. The van der Waals surface area contributed by atoms with E-state index < -0.39 is 0 Å². The number of piperidine rings is 1. The molecule has 1 saturated heterocycles. The fourth-order valence-electron chi connectivity index (χ4n) is 3.49. The number of methoxy groups -OCH3 is 1. The van der Waals surface area contributed by atoms with Crippen LogP contribution in [0.1, 0.15) is 25.3 Å².